The first-order chi connectivity index (χ1) is 57.3. The van der Waals surface area contributed by atoms with E-state index in [1.54, 1.807) is 6.08 Å². The molecule has 6 aliphatic carbocycles. The highest BCUT2D eigenvalue weighted by atomic mass is 17.2. The first-order valence-corrected chi connectivity index (χ1v) is 43.3. The van der Waals surface area contributed by atoms with Crippen molar-refractivity contribution in [3.63, 3.8) is 0 Å². The summed E-state index contributed by atoms with van der Waals surface area (Å²) in [6.07, 6.45) is 26.1. The van der Waals surface area contributed by atoms with Crippen molar-refractivity contribution in [3.05, 3.63) is 119 Å². The van der Waals surface area contributed by atoms with Gasteiger partial charge in [-0.3, -0.25) is 38.4 Å². The summed E-state index contributed by atoms with van der Waals surface area (Å²) in [5.74, 6) is -0.538. The maximum atomic E-state index is 11.9. The summed E-state index contributed by atoms with van der Waals surface area (Å²) >= 11 is 0. The van der Waals surface area contributed by atoms with E-state index in [-0.39, 0.29) is 83.7 Å². The van der Waals surface area contributed by atoms with Gasteiger partial charge in [-0.05, 0) is 144 Å². The van der Waals surface area contributed by atoms with Gasteiger partial charge in [0.25, 0.3) is 0 Å². The predicted molar refractivity (Wildman–Crippen MR) is 427 cm³/mol. The molecule has 12 aliphatic rings. The maximum Gasteiger partial charge on any atom is 0.342 e. The third-order valence-electron chi connectivity index (χ3n) is 23.3. The highest BCUT2D eigenvalue weighted by molar-refractivity contribution is 5.83. The third kappa shape index (κ3) is 34.2. The minimum atomic E-state index is -0.403. The molecule has 6 heterocycles. The van der Waals surface area contributed by atoms with Gasteiger partial charge in [-0.15, -0.1) is 0 Å². The first-order valence-electron chi connectivity index (χ1n) is 43.3. The zero-order valence-corrected chi connectivity index (χ0v) is 69.8. The summed E-state index contributed by atoms with van der Waals surface area (Å²) in [4.78, 5) is 112. The Labute approximate surface area is 695 Å². The summed E-state index contributed by atoms with van der Waals surface area (Å²) in [5, 5.41) is 0. The van der Waals surface area contributed by atoms with Crippen LogP contribution >= 0.6 is 0 Å². The van der Waals surface area contributed by atoms with Crippen LogP contribution in [0.3, 0.4) is 0 Å². The minimum Gasteiger partial charge on any atom is -0.466 e. The van der Waals surface area contributed by atoms with E-state index in [1.165, 1.54) is 0 Å². The molecular formula is C91H128O27. The van der Waals surface area contributed by atoms with Gasteiger partial charge in [-0.25, -0.2) is 9.59 Å². The van der Waals surface area contributed by atoms with Gasteiger partial charge in [0.2, 0.25) is 0 Å². The molecule has 0 radical (unpaired) electrons. The number of carbonyl (C=O) groups excluding carboxylic acids is 9. The van der Waals surface area contributed by atoms with Crippen LogP contribution in [0.2, 0.25) is 0 Å². The monoisotopic (exact) mass is 1650 g/mol. The van der Waals surface area contributed by atoms with Crippen LogP contribution in [-0.2, 0) is 149 Å². The van der Waals surface area contributed by atoms with Gasteiger partial charge in [0.1, 0.15) is 31.4 Å². The van der Waals surface area contributed by atoms with E-state index in [9.17, 15) is 43.2 Å². The lowest BCUT2D eigenvalue weighted by atomic mass is 9.83. The summed E-state index contributed by atoms with van der Waals surface area (Å²) in [5.41, 5.74) is 4.11. The minimum absolute atomic E-state index is 0.0725. The second kappa shape index (κ2) is 50.7. The zero-order valence-electron chi connectivity index (χ0n) is 69.8. The predicted octanol–water partition coefficient (Wildman–Crippen LogP) is 14.7. The van der Waals surface area contributed by atoms with Crippen LogP contribution in [0.1, 0.15) is 243 Å². The second-order valence-electron chi connectivity index (χ2n) is 32.0. The Balaban J connectivity index is 0.000000158. The van der Waals surface area contributed by atoms with Crippen LogP contribution < -0.4 is 0 Å². The van der Waals surface area contributed by atoms with Crippen molar-refractivity contribution in [2.24, 2.45) is 29.6 Å². The zero-order chi connectivity index (χ0) is 83.6. The van der Waals surface area contributed by atoms with Crippen LogP contribution in [0.5, 0.6) is 0 Å². The number of ether oxygens (including phenoxy) is 16. The van der Waals surface area contributed by atoms with Gasteiger partial charge in [-0.2, -0.15) is 4.89 Å². The van der Waals surface area contributed by atoms with Crippen molar-refractivity contribution in [2.45, 2.75) is 275 Å². The van der Waals surface area contributed by atoms with Gasteiger partial charge in [0.15, 0.2) is 28.9 Å². The SMILES string of the molecule is CCOC(=O)C=C1CCC2(CC1)OCCO2.CCOC(=O)CC1CCC2(CC1)OCCO2.CCOC(=O)CC1CCC2(CC1)OCCO2.O=C(CC1CCC2(CC1)OCCO2)OCc1ccccc1.O=C1CCC(CC(=O)OCc2ccccc2)CC1.O=C1CCC(CC(=O)OOCc2ccccc2)CCO1.O=C1CCC2(CC1)OCCO2. The topological polar surface area (TPSA) is 320 Å². The Kier molecular flexibility index (Phi) is 40.6. The van der Waals surface area contributed by atoms with Crippen molar-refractivity contribution in [1.29, 1.82) is 0 Å². The summed E-state index contributed by atoms with van der Waals surface area (Å²) in [7, 11) is 0. The Morgan fingerprint density at radius 2 is 0.619 bits per heavy atom. The average Bonchev–Trinajstić information content (AvgIpc) is 1.51. The maximum absolute atomic E-state index is 11.9. The Morgan fingerprint density at radius 1 is 0.322 bits per heavy atom. The summed E-state index contributed by atoms with van der Waals surface area (Å²) in [6.45, 7) is 15.2. The van der Waals surface area contributed by atoms with Gasteiger partial charge in [0.05, 0.1) is 98.9 Å². The highest BCUT2D eigenvalue weighted by Crippen LogP contribution is 2.43. The van der Waals surface area contributed by atoms with Gasteiger partial charge < -0.3 is 75.8 Å². The molecular weight excluding hydrogens is 1520 g/mol. The van der Waals surface area contributed by atoms with E-state index >= 15 is 0 Å². The van der Waals surface area contributed by atoms with E-state index in [0.717, 1.165) is 151 Å². The lowest BCUT2D eigenvalue weighted by Crippen LogP contribution is -2.35. The molecule has 6 saturated carbocycles. The van der Waals surface area contributed by atoms with Crippen LogP contribution in [0, 0.1) is 29.6 Å². The molecule has 3 aromatic carbocycles. The van der Waals surface area contributed by atoms with Crippen molar-refractivity contribution >= 4 is 53.4 Å². The third-order valence-corrected chi connectivity index (χ3v) is 23.3. The molecule has 6 aliphatic heterocycles. The fourth-order valence-corrected chi connectivity index (χ4v) is 16.5. The summed E-state index contributed by atoms with van der Waals surface area (Å²) < 4.78 is 86.4. The highest BCUT2D eigenvalue weighted by Gasteiger charge is 2.45. The molecule has 0 aromatic heterocycles. The fraction of sp³-hybridized carbons (Fsp3) is 0.681. The van der Waals surface area contributed by atoms with Crippen LogP contribution in [0.4, 0.5) is 0 Å². The number of hydrogen-bond donors (Lipinski definition) is 0. The largest absolute Gasteiger partial charge is 0.466 e. The number of hydrogen-bond acceptors (Lipinski definition) is 27. The number of esters is 6. The molecule has 654 valence electrons. The van der Waals surface area contributed by atoms with Crippen LogP contribution in [-0.4, -0.2) is 175 Å². The van der Waals surface area contributed by atoms with Crippen molar-refractivity contribution in [2.75, 3.05) is 92.5 Å². The molecule has 0 bridgehead atoms. The van der Waals surface area contributed by atoms with Gasteiger partial charge in [0, 0.05) is 128 Å². The van der Waals surface area contributed by atoms with Crippen LogP contribution in [0.15, 0.2) is 103 Å². The molecule has 6 saturated heterocycles. The van der Waals surface area contributed by atoms with E-state index in [4.69, 9.17) is 85.6 Å². The van der Waals surface area contributed by atoms with E-state index in [2.05, 4.69) is 0 Å². The first kappa shape index (κ1) is 94.4. The molecule has 1 atom stereocenters. The Bertz CT molecular complexity index is 3420. The average molecular weight is 1650 g/mol. The molecule has 0 amide bonds. The lowest BCUT2D eigenvalue weighted by molar-refractivity contribution is -0.280. The molecule has 1 unspecified atom stereocenters. The molecule has 27 nitrogen and oxygen atoms in total. The standard InChI is InChI=1S/C17H22O4.C15H18O5.C15H18O3.2C12H20O4.C12H18O4.C8H12O3/c18-16(19-13-15-4-2-1-3-5-15)12-14-6-8-17(9-7-14)20-10-11-21-17;16-14-7-6-12(8-9-18-14)10-15(17)20-19-11-13-4-2-1-3-5-13;16-14-8-6-12(7-9-14)10-15(17)18-11-13-4-2-1-3-5-13;3*1-2-14-11(13)9-10-3-5-12(6-4-10)15-7-8-16-12;9-7-1-3-8(4-2-7)10-5-6-11-8/h1-5,14H,6-13H2;1-5,12H,6-11H2;1-5,12H,6-11H2;2*10H,2-9H2,1H3;9H,2-8H2,1H3;1-6H2. The molecule has 27 heteroatoms. The van der Waals surface area contributed by atoms with E-state index in [0.29, 0.717) is 212 Å². The number of allylic oxidation sites excluding steroid dienone is 1. The smallest absolute Gasteiger partial charge is 0.342 e. The molecule has 5 spiro atoms. The second-order valence-corrected chi connectivity index (χ2v) is 32.0. The molecule has 12 fully saturated rings. The van der Waals surface area contributed by atoms with Crippen molar-refractivity contribution < 1.29 is 129 Å². The van der Waals surface area contributed by atoms with Crippen molar-refractivity contribution in [3.8, 4) is 0 Å². The Morgan fingerprint density at radius 3 is 0.983 bits per heavy atom. The molecule has 0 N–H and O–H groups in total. The van der Waals surface area contributed by atoms with E-state index < -0.39 is 5.97 Å². The number of Topliss-reactive ketones (excluding diaryl/α,β-unsaturated/α-hetero) is 2. The molecule has 3 aromatic rings. The van der Waals surface area contributed by atoms with Gasteiger partial charge in [-0.1, -0.05) is 96.6 Å². The normalized spacial score (nSPS) is 23.6. The lowest BCUT2D eigenvalue weighted by Gasteiger charge is -2.35. The molecule has 15 rings (SSSR count). The number of cyclic esters (lactones) is 1. The Hall–Kier alpha value is -7.41. The summed E-state index contributed by atoms with van der Waals surface area (Å²) in [6, 6.07) is 28.9. The number of carbonyl (C=O) groups is 9. The fourth-order valence-electron chi connectivity index (χ4n) is 16.5. The number of rotatable bonds is 21. The number of ketones is 2. The number of benzene rings is 3. The molecule has 118 heavy (non-hydrogen) atoms. The van der Waals surface area contributed by atoms with Crippen molar-refractivity contribution in [1.82, 2.24) is 0 Å². The van der Waals surface area contributed by atoms with E-state index in [1.807, 2.05) is 112 Å². The van der Waals surface area contributed by atoms with Gasteiger partial charge >= 0.3 is 41.8 Å². The van der Waals surface area contributed by atoms with Crippen LogP contribution in [0.25, 0.3) is 0 Å². The quantitative estimate of drug-likeness (QED) is 0.0314.